The molecule has 1 N–H and O–H groups in total. The van der Waals surface area contributed by atoms with Gasteiger partial charge in [-0.1, -0.05) is 11.6 Å². The Morgan fingerprint density at radius 3 is 2.42 bits per heavy atom. The summed E-state index contributed by atoms with van der Waals surface area (Å²) in [7, 11) is 3.82. The lowest BCUT2D eigenvalue weighted by molar-refractivity contribution is -0.131. The lowest BCUT2D eigenvalue weighted by Gasteiger charge is -2.07. The first-order valence-electron chi connectivity index (χ1n) is 3.26. The number of carboxylic acids is 1. The van der Waals surface area contributed by atoms with Crippen LogP contribution < -0.4 is 0 Å². The van der Waals surface area contributed by atoms with Crippen molar-refractivity contribution in [1.82, 2.24) is 4.90 Å². The predicted molar refractivity (Wildman–Crippen MR) is 52.0 cm³/mol. The number of carboxylic acid groups (broad SMARTS) is 1. The highest BCUT2D eigenvalue weighted by atomic mass is 35.5. The molecule has 0 aliphatic rings. The van der Waals surface area contributed by atoms with Crippen molar-refractivity contribution in [3.05, 3.63) is 11.1 Å². The van der Waals surface area contributed by atoms with Gasteiger partial charge in [-0.2, -0.15) is 0 Å². The van der Waals surface area contributed by atoms with Crippen LogP contribution in [0.1, 0.15) is 6.42 Å². The number of carbonyl (C=O) groups is 1. The molecule has 0 bridgehead atoms. The molecule has 0 fully saturated rings. The van der Waals surface area contributed by atoms with E-state index in [-0.39, 0.29) is 12.4 Å². The SMILES string of the molecule is CN(C)CCC(Cl)=CC(=O)O.Cl. The number of hydrogen-bond donors (Lipinski definition) is 1. The highest BCUT2D eigenvalue weighted by Crippen LogP contribution is 2.06. The second-order valence-corrected chi connectivity index (χ2v) is 2.97. The van der Waals surface area contributed by atoms with Crippen molar-refractivity contribution in [2.75, 3.05) is 20.6 Å². The predicted octanol–water partition coefficient (Wildman–Crippen LogP) is 1.57. The lowest BCUT2D eigenvalue weighted by atomic mass is 10.3. The molecule has 5 heteroatoms. The second kappa shape index (κ2) is 7.40. The molecular weight excluding hydrogens is 201 g/mol. The monoisotopic (exact) mass is 213 g/mol. The molecule has 0 heterocycles. The molecule has 0 spiro atoms. The number of nitrogens with zero attached hydrogens (tertiary/aromatic N) is 1. The van der Waals surface area contributed by atoms with Gasteiger partial charge in [0.2, 0.25) is 0 Å². The lowest BCUT2D eigenvalue weighted by Crippen LogP contribution is -2.12. The van der Waals surface area contributed by atoms with Gasteiger partial charge < -0.3 is 10.0 Å². The van der Waals surface area contributed by atoms with Gasteiger partial charge in [-0.3, -0.25) is 0 Å². The first-order chi connectivity index (χ1) is 5.02. The zero-order chi connectivity index (χ0) is 8.85. The zero-order valence-electron chi connectivity index (χ0n) is 7.08. The molecule has 3 nitrogen and oxygen atoms in total. The van der Waals surface area contributed by atoms with Crippen molar-refractivity contribution in [1.29, 1.82) is 0 Å². The maximum atomic E-state index is 10.1. The Labute approximate surface area is 83.4 Å². The van der Waals surface area contributed by atoms with Gasteiger partial charge in [0.25, 0.3) is 0 Å². The van der Waals surface area contributed by atoms with Crippen molar-refractivity contribution < 1.29 is 9.90 Å². The van der Waals surface area contributed by atoms with Crippen LogP contribution in [0.3, 0.4) is 0 Å². The largest absolute Gasteiger partial charge is 0.478 e. The van der Waals surface area contributed by atoms with Gasteiger partial charge in [0, 0.05) is 17.7 Å². The van der Waals surface area contributed by atoms with Gasteiger partial charge >= 0.3 is 5.97 Å². The molecule has 0 aliphatic heterocycles. The van der Waals surface area contributed by atoms with Crippen molar-refractivity contribution >= 4 is 30.0 Å². The molecule has 0 atom stereocenters. The van der Waals surface area contributed by atoms with Crippen molar-refractivity contribution in [3.63, 3.8) is 0 Å². The number of rotatable bonds is 4. The second-order valence-electron chi connectivity index (χ2n) is 2.48. The van der Waals surface area contributed by atoms with Gasteiger partial charge in [-0.25, -0.2) is 4.79 Å². The molecule has 0 saturated carbocycles. The summed E-state index contributed by atoms with van der Waals surface area (Å²) in [5.74, 6) is -0.992. The molecule has 0 aromatic rings. The van der Waals surface area contributed by atoms with Crippen molar-refractivity contribution in [2.24, 2.45) is 0 Å². The van der Waals surface area contributed by atoms with E-state index in [1.807, 2.05) is 19.0 Å². The maximum Gasteiger partial charge on any atom is 0.329 e. The molecule has 0 rings (SSSR count). The zero-order valence-corrected chi connectivity index (χ0v) is 8.65. The molecule has 0 aromatic carbocycles. The van der Waals surface area contributed by atoms with E-state index in [1.54, 1.807) is 0 Å². The Balaban J connectivity index is 0. The summed E-state index contributed by atoms with van der Waals surface area (Å²) in [6, 6.07) is 0. The summed E-state index contributed by atoms with van der Waals surface area (Å²) in [5.41, 5.74) is 0. The number of hydrogen-bond acceptors (Lipinski definition) is 2. The summed E-state index contributed by atoms with van der Waals surface area (Å²) in [5, 5.41) is 8.66. The van der Waals surface area contributed by atoms with Crippen LogP contribution in [0.15, 0.2) is 11.1 Å². The first-order valence-corrected chi connectivity index (χ1v) is 3.64. The van der Waals surface area contributed by atoms with E-state index < -0.39 is 5.97 Å². The fourth-order valence-corrected chi connectivity index (χ4v) is 0.714. The Morgan fingerprint density at radius 2 is 2.08 bits per heavy atom. The van der Waals surface area contributed by atoms with Crippen LogP contribution in [-0.4, -0.2) is 36.6 Å². The van der Waals surface area contributed by atoms with E-state index in [9.17, 15) is 4.79 Å². The quantitative estimate of drug-likeness (QED) is 0.722. The molecule has 0 unspecified atom stereocenters. The van der Waals surface area contributed by atoms with Crippen LogP contribution >= 0.6 is 24.0 Å². The van der Waals surface area contributed by atoms with Crippen LogP contribution in [-0.2, 0) is 4.79 Å². The summed E-state index contributed by atoms with van der Waals surface area (Å²) in [6.45, 7) is 0.766. The van der Waals surface area contributed by atoms with E-state index in [0.29, 0.717) is 11.5 Å². The Bertz CT molecular complexity index is 169. The van der Waals surface area contributed by atoms with E-state index in [4.69, 9.17) is 16.7 Å². The first kappa shape index (κ1) is 14.3. The van der Waals surface area contributed by atoms with Gasteiger partial charge in [-0.15, -0.1) is 12.4 Å². The molecule has 0 aromatic heterocycles. The number of aliphatic carboxylic acids is 1. The van der Waals surface area contributed by atoms with Gasteiger partial charge in [0.15, 0.2) is 0 Å². The Morgan fingerprint density at radius 1 is 1.58 bits per heavy atom. The Hall–Kier alpha value is -0.250. The molecule has 12 heavy (non-hydrogen) atoms. The van der Waals surface area contributed by atoms with E-state index in [0.717, 1.165) is 12.6 Å². The average molecular weight is 214 g/mol. The summed E-state index contributed by atoms with van der Waals surface area (Å²) in [6.07, 6.45) is 1.60. The van der Waals surface area contributed by atoms with Gasteiger partial charge in [0.1, 0.15) is 0 Å². The van der Waals surface area contributed by atoms with Crippen molar-refractivity contribution in [2.45, 2.75) is 6.42 Å². The third kappa shape index (κ3) is 9.75. The normalized spacial score (nSPS) is 11.2. The van der Waals surface area contributed by atoms with E-state index in [2.05, 4.69) is 0 Å². The Kier molecular flexibility index (Phi) is 8.81. The highest BCUT2D eigenvalue weighted by molar-refractivity contribution is 6.30. The highest BCUT2D eigenvalue weighted by Gasteiger charge is 1.97. The summed E-state index contributed by atoms with van der Waals surface area (Å²) >= 11 is 5.57. The molecule has 0 radical (unpaired) electrons. The van der Waals surface area contributed by atoms with Gasteiger partial charge in [-0.05, 0) is 20.5 Å². The minimum atomic E-state index is -0.992. The van der Waals surface area contributed by atoms with Crippen LogP contribution in [0.2, 0.25) is 0 Å². The van der Waals surface area contributed by atoms with E-state index >= 15 is 0 Å². The van der Waals surface area contributed by atoms with Crippen LogP contribution in [0.4, 0.5) is 0 Å². The topological polar surface area (TPSA) is 40.5 Å². The fourth-order valence-electron chi connectivity index (χ4n) is 0.537. The smallest absolute Gasteiger partial charge is 0.329 e. The molecule has 0 saturated heterocycles. The van der Waals surface area contributed by atoms with Crippen LogP contribution in [0.5, 0.6) is 0 Å². The number of halogens is 2. The average Bonchev–Trinajstić information content (AvgIpc) is 1.82. The van der Waals surface area contributed by atoms with Crippen molar-refractivity contribution in [3.8, 4) is 0 Å². The third-order valence-corrected chi connectivity index (χ3v) is 1.38. The summed E-state index contributed by atoms with van der Waals surface area (Å²) in [4.78, 5) is 12.0. The standard InChI is InChI=1S/C7H12ClNO2.ClH/c1-9(2)4-3-6(8)5-7(10)11;/h5H,3-4H2,1-2H3,(H,10,11);1H. The molecule has 0 aliphatic carbocycles. The molecule has 0 amide bonds. The van der Waals surface area contributed by atoms with E-state index in [1.165, 1.54) is 0 Å². The summed E-state index contributed by atoms with van der Waals surface area (Å²) < 4.78 is 0. The molecule has 72 valence electrons. The minimum Gasteiger partial charge on any atom is -0.478 e. The van der Waals surface area contributed by atoms with Crippen LogP contribution in [0.25, 0.3) is 0 Å². The van der Waals surface area contributed by atoms with Gasteiger partial charge in [0.05, 0.1) is 0 Å². The van der Waals surface area contributed by atoms with Crippen LogP contribution in [0, 0.1) is 0 Å². The fraction of sp³-hybridized carbons (Fsp3) is 0.571. The third-order valence-electron chi connectivity index (χ3n) is 1.08. The maximum absolute atomic E-state index is 10.1. The minimum absolute atomic E-state index is 0. The molecular formula is C7H13Cl2NO2.